The Bertz CT molecular complexity index is 1020. The lowest BCUT2D eigenvalue weighted by Crippen LogP contribution is -2.07. The third-order valence-corrected chi connectivity index (χ3v) is 4.50. The molecule has 0 amide bonds. The zero-order valence-electron chi connectivity index (χ0n) is 14.2. The summed E-state index contributed by atoms with van der Waals surface area (Å²) in [5.74, 6) is -0.119. The van der Waals surface area contributed by atoms with Gasteiger partial charge in [-0.15, -0.1) is 11.8 Å². The first-order valence-electron chi connectivity index (χ1n) is 7.85. The van der Waals surface area contributed by atoms with Gasteiger partial charge in [0, 0.05) is 0 Å². The number of fused-ring (bicyclic) bond motifs is 2. The van der Waals surface area contributed by atoms with Crippen molar-refractivity contribution in [1.29, 1.82) is 0 Å². The topological polar surface area (TPSA) is 76.7 Å². The maximum atomic E-state index is 12.9. The highest BCUT2D eigenvalue weighted by molar-refractivity contribution is 7.98. The van der Waals surface area contributed by atoms with Crippen LogP contribution >= 0.6 is 11.8 Å². The molecule has 1 aromatic heterocycles. The van der Waals surface area contributed by atoms with Gasteiger partial charge in [-0.05, 0) is 42.5 Å². The molecule has 0 fully saturated rings. The van der Waals surface area contributed by atoms with E-state index in [1.54, 1.807) is 6.07 Å². The third-order valence-electron chi connectivity index (χ3n) is 3.76. The fourth-order valence-electron chi connectivity index (χ4n) is 2.53. The van der Waals surface area contributed by atoms with Crippen molar-refractivity contribution < 1.29 is 19.1 Å². The second-order valence-electron chi connectivity index (χ2n) is 6.15. The Morgan fingerprint density at radius 2 is 2.00 bits per heavy atom. The van der Waals surface area contributed by atoms with Gasteiger partial charge in [-0.25, -0.2) is 4.79 Å². The molecule has 6 heteroatoms. The summed E-state index contributed by atoms with van der Waals surface area (Å²) in [7, 11) is 0. The molecular formula is C19H18O5S. The van der Waals surface area contributed by atoms with Gasteiger partial charge < -0.3 is 14.3 Å². The molecule has 0 bridgehead atoms. The van der Waals surface area contributed by atoms with Crippen molar-refractivity contribution in [2.45, 2.75) is 18.7 Å². The standard InChI is InChI=1S/C19H18O5S/c1-10(2)9-23-12-7-14-17(20)13-6-11(19(21)22)4-5-15(13)24-18(14)16(8-12)25-3/h4-8,10H,9H2,1-3H3,(H,21,22). The lowest BCUT2D eigenvalue weighted by molar-refractivity contribution is 0.0697. The lowest BCUT2D eigenvalue weighted by Gasteiger charge is -2.12. The Hall–Kier alpha value is -2.47. The van der Waals surface area contributed by atoms with Crippen LogP contribution in [0.2, 0.25) is 0 Å². The number of carboxylic acid groups (broad SMARTS) is 1. The summed E-state index contributed by atoms with van der Waals surface area (Å²) >= 11 is 1.47. The predicted molar refractivity (Wildman–Crippen MR) is 99.1 cm³/mol. The molecule has 0 unspecified atom stereocenters. The van der Waals surface area contributed by atoms with Crippen LogP contribution in [0, 0.1) is 5.92 Å². The monoisotopic (exact) mass is 358 g/mol. The summed E-state index contributed by atoms with van der Waals surface area (Å²) in [5, 5.41) is 9.78. The second kappa shape index (κ2) is 6.80. The zero-order chi connectivity index (χ0) is 18.1. The molecule has 3 rings (SSSR count). The molecule has 130 valence electrons. The van der Waals surface area contributed by atoms with E-state index in [2.05, 4.69) is 0 Å². The van der Waals surface area contributed by atoms with Gasteiger partial charge in [0.1, 0.15) is 11.3 Å². The Labute approximate surface area is 148 Å². The van der Waals surface area contributed by atoms with Crippen molar-refractivity contribution in [2.24, 2.45) is 5.92 Å². The number of carboxylic acids is 1. The van der Waals surface area contributed by atoms with E-state index in [-0.39, 0.29) is 16.4 Å². The molecule has 0 saturated heterocycles. The van der Waals surface area contributed by atoms with Crippen molar-refractivity contribution in [3.63, 3.8) is 0 Å². The van der Waals surface area contributed by atoms with Crippen LogP contribution in [0.25, 0.3) is 21.9 Å². The maximum Gasteiger partial charge on any atom is 0.335 e. The van der Waals surface area contributed by atoms with Gasteiger partial charge in [0.2, 0.25) is 5.43 Å². The van der Waals surface area contributed by atoms with Crippen LogP contribution in [0.5, 0.6) is 5.75 Å². The minimum Gasteiger partial charge on any atom is -0.493 e. The maximum absolute atomic E-state index is 12.9. The smallest absolute Gasteiger partial charge is 0.335 e. The van der Waals surface area contributed by atoms with E-state index in [0.29, 0.717) is 34.8 Å². The van der Waals surface area contributed by atoms with Crippen LogP contribution in [0.1, 0.15) is 24.2 Å². The summed E-state index contributed by atoms with van der Waals surface area (Å²) < 4.78 is 11.7. The Morgan fingerprint density at radius 3 is 2.64 bits per heavy atom. The Kier molecular flexibility index (Phi) is 4.72. The molecule has 0 aliphatic rings. The molecule has 2 aromatic carbocycles. The fraction of sp³-hybridized carbons (Fsp3) is 0.263. The van der Waals surface area contributed by atoms with Gasteiger partial charge in [0.05, 0.1) is 27.8 Å². The first-order valence-corrected chi connectivity index (χ1v) is 9.08. The molecule has 0 saturated carbocycles. The van der Waals surface area contributed by atoms with Gasteiger partial charge in [0.25, 0.3) is 0 Å². The summed E-state index contributed by atoms with van der Waals surface area (Å²) in [6.07, 6.45) is 1.90. The van der Waals surface area contributed by atoms with Crippen LogP contribution in [0.4, 0.5) is 0 Å². The number of aromatic carboxylic acids is 1. The molecule has 25 heavy (non-hydrogen) atoms. The van der Waals surface area contributed by atoms with Crippen molar-refractivity contribution in [3.05, 3.63) is 46.1 Å². The van der Waals surface area contributed by atoms with Crippen LogP contribution in [0.3, 0.4) is 0 Å². The Morgan fingerprint density at radius 1 is 1.24 bits per heavy atom. The van der Waals surface area contributed by atoms with E-state index in [9.17, 15) is 9.59 Å². The highest BCUT2D eigenvalue weighted by Gasteiger charge is 2.15. The van der Waals surface area contributed by atoms with Gasteiger partial charge in [-0.2, -0.15) is 0 Å². The molecule has 0 aliphatic carbocycles. The molecule has 0 aliphatic heterocycles. The molecule has 0 atom stereocenters. The minimum atomic E-state index is -1.08. The average molecular weight is 358 g/mol. The average Bonchev–Trinajstić information content (AvgIpc) is 2.59. The highest BCUT2D eigenvalue weighted by Crippen LogP contribution is 2.32. The summed E-state index contributed by atoms with van der Waals surface area (Å²) in [5.41, 5.74) is 0.653. The molecule has 5 nitrogen and oxygen atoms in total. The quantitative estimate of drug-likeness (QED) is 0.538. The summed E-state index contributed by atoms with van der Waals surface area (Å²) in [4.78, 5) is 24.9. The van der Waals surface area contributed by atoms with E-state index in [4.69, 9.17) is 14.3 Å². The normalized spacial score (nSPS) is 11.4. The fourth-order valence-corrected chi connectivity index (χ4v) is 3.10. The number of rotatable bonds is 5. The lowest BCUT2D eigenvalue weighted by atomic mass is 10.1. The van der Waals surface area contributed by atoms with Crippen molar-refractivity contribution in [1.82, 2.24) is 0 Å². The van der Waals surface area contributed by atoms with E-state index in [1.807, 2.05) is 26.2 Å². The van der Waals surface area contributed by atoms with Crippen LogP contribution in [0.15, 0.2) is 44.4 Å². The first kappa shape index (κ1) is 17.4. The van der Waals surface area contributed by atoms with Gasteiger partial charge in [-0.1, -0.05) is 13.8 Å². The van der Waals surface area contributed by atoms with Crippen molar-refractivity contribution in [2.75, 3.05) is 12.9 Å². The SMILES string of the molecule is CSc1cc(OCC(C)C)cc2c(=O)c3cc(C(=O)O)ccc3oc12. The van der Waals surface area contributed by atoms with Crippen LogP contribution < -0.4 is 10.2 Å². The largest absolute Gasteiger partial charge is 0.493 e. The summed E-state index contributed by atoms with van der Waals surface area (Å²) in [6.45, 7) is 4.64. The number of hydrogen-bond donors (Lipinski definition) is 1. The van der Waals surface area contributed by atoms with Crippen LogP contribution in [-0.2, 0) is 0 Å². The van der Waals surface area contributed by atoms with Crippen molar-refractivity contribution >= 4 is 39.7 Å². The molecule has 0 spiro atoms. The number of carbonyl (C=O) groups is 1. The first-order chi connectivity index (χ1) is 11.9. The van der Waals surface area contributed by atoms with E-state index < -0.39 is 5.97 Å². The molecule has 1 N–H and O–H groups in total. The third kappa shape index (κ3) is 3.35. The number of benzene rings is 2. The summed E-state index contributed by atoms with van der Waals surface area (Å²) in [6, 6.07) is 7.82. The molecule has 3 aromatic rings. The van der Waals surface area contributed by atoms with Gasteiger partial charge in [0.15, 0.2) is 5.58 Å². The van der Waals surface area contributed by atoms with Crippen LogP contribution in [-0.4, -0.2) is 23.9 Å². The van der Waals surface area contributed by atoms with Gasteiger partial charge >= 0.3 is 5.97 Å². The second-order valence-corrected chi connectivity index (χ2v) is 7.00. The molecular weight excluding hydrogens is 340 g/mol. The predicted octanol–water partition coefficient (Wildman–Crippen LogP) is 4.40. The zero-order valence-corrected chi connectivity index (χ0v) is 15.0. The van der Waals surface area contributed by atoms with Crippen molar-refractivity contribution in [3.8, 4) is 5.75 Å². The minimum absolute atomic E-state index is 0.0523. The molecule has 0 radical (unpaired) electrons. The number of thioether (sulfide) groups is 1. The van der Waals surface area contributed by atoms with E-state index in [0.717, 1.165) is 4.90 Å². The highest BCUT2D eigenvalue weighted by atomic mass is 32.2. The van der Waals surface area contributed by atoms with Gasteiger partial charge in [-0.3, -0.25) is 4.79 Å². The number of hydrogen-bond acceptors (Lipinski definition) is 5. The molecule has 1 heterocycles. The van der Waals surface area contributed by atoms with E-state index >= 15 is 0 Å². The van der Waals surface area contributed by atoms with E-state index in [1.165, 1.54) is 30.0 Å². The number of ether oxygens (including phenoxy) is 1. The Balaban J connectivity index is 2.27.